The summed E-state index contributed by atoms with van der Waals surface area (Å²) in [6.45, 7) is 0. The molecule has 0 amide bonds. The van der Waals surface area contributed by atoms with E-state index in [1.54, 1.807) is 18.2 Å². The second-order valence-corrected chi connectivity index (χ2v) is 5.51. The third-order valence-corrected chi connectivity index (χ3v) is 4.34. The average molecular weight is 288 g/mol. The number of hydrogen-bond acceptors (Lipinski definition) is 3. The molecule has 0 spiro atoms. The molecule has 1 heterocycles. The predicted octanol–water partition coefficient (Wildman–Crippen LogP) is 3.41. The molecule has 0 aliphatic carbocycles. The van der Waals surface area contributed by atoms with Gasteiger partial charge in [0.1, 0.15) is 5.82 Å². The van der Waals surface area contributed by atoms with Crippen LogP contribution in [0.4, 0.5) is 4.39 Å². The monoisotopic (exact) mass is 288 g/mol. The van der Waals surface area contributed by atoms with Crippen molar-refractivity contribution in [2.24, 2.45) is 0 Å². The van der Waals surface area contributed by atoms with Gasteiger partial charge in [-0.05, 0) is 35.9 Å². The number of rotatable bonds is 1. The first-order valence-corrected chi connectivity index (χ1v) is 6.73. The van der Waals surface area contributed by atoms with Crippen LogP contribution >= 0.6 is 11.8 Å². The number of ketones is 1. The third-order valence-electron chi connectivity index (χ3n) is 3.16. The zero-order valence-electron chi connectivity index (χ0n) is 10.2. The van der Waals surface area contributed by atoms with Gasteiger partial charge in [-0.3, -0.25) is 4.79 Å². The van der Waals surface area contributed by atoms with E-state index in [-0.39, 0.29) is 17.8 Å². The molecule has 1 N–H and O–H groups in total. The van der Waals surface area contributed by atoms with Crippen molar-refractivity contribution >= 4 is 23.5 Å². The highest BCUT2D eigenvalue weighted by Gasteiger charge is 2.24. The number of fused-ring (bicyclic) bond motifs is 2. The lowest BCUT2D eigenvalue weighted by Crippen LogP contribution is -2.09. The highest BCUT2D eigenvalue weighted by atomic mass is 32.2. The van der Waals surface area contributed by atoms with Gasteiger partial charge >= 0.3 is 5.97 Å². The summed E-state index contributed by atoms with van der Waals surface area (Å²) < 4.78 is 13.3. The number of carbonyl (C=O) groups excluding carboxylic acids is 1. The lowest BCUT2D eigenvalue weighted by Gasteiger charge is -2.07. The zero-order chi connectivity index (χ0) is 14.3. The van der Waals surface area contributed by atoms with Gasteiger partial charge in [0.15, 0.2) is 5.78 Å². The minimum Gasteiger partial charge on any atom is -0.478 e. The van der Waals surface area contributed by atoms with E-state index >= 15 is 0 Å². The van der Waals surface area contributed by atoms with E-state index < -0.39 is 11.8 Å². The Kier molecular flexibility index (Phi) is 3.06. The van der Waals surface area contributed by atoms with Crippen molar-refractivity contribution in [2.75, 3.05) is 0 Å². The van der Waals surface area contributed by atoms with Crippen molar-refractivity contribution in [1.29, 1.82) is 0 Å². The van der Waals surface area contributed by atoms with Crippen molar-refractivity contribution < 1.29 is 19.1 Å². The quantitative estimate of drug-likeness (QED) is 0.873. The summed E-state index contributed by atoms with van der Waals surface area (Å²) in [7, 11) is 0. The molecule has 3 nitrogen and oxygen atoms in total. The van der Waals surface area contributed by atoms with Crippen molar-refractivity contribution in [3.8, 4) is 0 Å². The first-order chi connectivity index (χ1) is 9.56. The molecular weight excluding hydrogens is 279 g/mol. The molecule has 0 saturated heterocycles. The van der Waals surface area contributed by atoms with E-state index in [0.717, 1.165) is 4.90 Å². The fourth-order valence-electron chi connectivity index (χ4n) is 2.23. The molecule has 3 rings (SSSR count). The van der Waals surface area contributed by atoms with Crippen LogP contribution in [-0.4, -0.2) is 16.9 Å². The number of carboxylic acids is 1. The molecule has 2 aromatic rings. The average Bonchev–Trinajstić information content (AvgIpc) is 2.55. The number of carboxylic acid groups (broad SMARTS) is 1. The summed E-state index contributed by atoms with van der Waals surface area (Å²) in [5, 5.41) is 9.20. The molecule has 0 fully saturated rings. The third kappa shape index (κ3) is 2.10. The molecule has 2 aromatic carbocycles. The molecular formula is C15H9FO3S. The van der Waals surface area contributed by atoms with Crippen LogP contribution < -0.4 is 0 Å². The summed E-state index contributed by atoms with van der Waals surface area (Å²) in [6.07, 6.45) is -0.0265. The topological polar surface area (TPSA) is 54.4 Å². The van der Waals surface area contributed by atoms with Gasteiger partial charge in [-0.15, -0.1) is 0 Å². The maximum atomic E-state index is 13.3. The van der Waals surface area contributed by atoms with Crippen LogP contribution in [0.15, 0.2) is 46.2 Å². The summed E-state index contributed by atoms with van der Waals surface area (Å²) in [5.41, 5.74) is 0.922. The molecule has 20 heavy (non-hydrogen) atoms. The highest BCUT2D eigenvalue weighted by molar-refractivity contribution is 7.99. The minimum atomic E-state index is -1.06. The SMILES string of the molecule is O=C1Cc2c(cccc2C(=O)O)Sc2ccc(F)cc21. The van der Waals surface area contributed by atoms with Crippen LogP contribution in [0.25, 0.3) is 0 Å². The molecule has 0 radical (unpaired) electrons. The summed E-state index contributed by atoms with van der Waals surface area (Å²) in [5.74, 6) is -1.80. The molecule has 5 heteroatoms. The number of aromatic carboxylic acids is 1. The first kappa shape index (κ1) is 12.9. The number of carbonyl (C=O) groups is 2. The Labute approximate surface area is 118 Å². The number of halogens is 1. The maximum absolute atomic E-state index is 13.3. The largest absolute Gasteiger partial charge is 0.478 e. The van der Waals surface area contributed by atoms with Gasteiger partial charge in [0, 0.05) is 21.8 Å². The Balaban J connectivity index is 2.19. The standard InChI is InChI=1S/C15H9FO3S/c16-8-4-5-14-11(6-8)12(17)7-10-9(15(18)19)2-1-3-13(10)20-14/h1-6H,7H2,(H,18,19). The Bertz CT molecular complexity index is 740. The molecule has 1 aliphatic rings. The van der Waals surface area contributed by atoms with Crippen LogP contribution in [0, 0.1) is 5.82 Å². The van der Waals surface area contributed by atoms with Crippen LogP contribution in [0.1, 0.15) is 26.3 Å². The first-order valence-electron chi connectivity index (χ1n) is 5.92. The van der Waals surface area contributed by atoms with Gasteiger partial charge < -0.3 is 5.11 Å². The van der Waals surface area contributed by atoms with Crippen molar-refractivity contribution in [2.45, 2.75) is 16.2 Å². The van der Waals surface area contributed by atoms with Gasteiger partial charge in [0.05, 0.1) is 5.56 Å². The molecule has 1 aliphatic heterocycles. The molecule has 0 unspecified atom stereocenters. The Morgan fingerprint density at radius 3 is 2.75 bits per heavy atom. The fraction of sp³-hybridized carbons (Fsp3) is 0.0667. The number of Topliss-reactive ketones (excluding diaryl/α,β-unsaturated/α-hetero) is 1. The van der Waals surface area contributed by atoms with Gasteiger partial charge in [-0.1, -0.05) is 17.8 Å². The van der Waals surface area contributed by atoms with Crippen molar-refractivity contribution in [3.63, 3.8) is 0 Å². The van der Waals surface area contributed by atoms with E-state index in [0.29, 0.717) is 16.0 Å². The molecule has 0 aromatic heterocycles. The lowest BCUT2D eigenvalue weighted by atomic mass is 9.99. The maximum Gasteiger partial charge on any atom is 0.336 e. The van der Waals surface area contributed by atoms with Gasteiger partial charge in [0.2, 0.25) is 0 Å². The number of hydrogen-bond donors (Lipinski definition) is 1. The van der Waals surface area contributed by atoms with Crippen molar-refractivity contribution in [1.82, 2.24) is 0 Å². The summed E-state index contributed by atoms with van der Waals surface area (Å²) in [4.78, 5) is 24.8. The van der Waals surface area contributed by atoms with Crippen LogP contribution in [-0.2, 0) is 6.42 Å². The molecule has 100 valence electrons. The Hall–Kier alpha value is -2.14. The van der Waals surface area contributed by atoms with Crippen LogP contribution in [0.2, 0.25) is 0 Å². The molecule has 0 atom stereocenters. The number of benzene rings is 2. The Morgan fingerprint density at radius 2 is 2.00 bits per heavy atom. The minimum absolute atomic E-state index is 0.0265. The van der Waals surface area contributed by atoms with Gasteiger partial charge in [-0.25, -0.2) is 9.18 Å². The van der Waals surface area contributed by atoms with Crippen LogP contribution in [0.5, 0.6) is 0 Å². The van der Waals surface area contributed by atoms with E-state index in [4.69, 9.17) is 0 Å². The Morgan fingerprint density at radius 1 is 1.20 bits per heavy atom. The second-order valence-electron chi connectivity index (χ2n) is 4.43. The van der Waals surface area contributed by atoms with E-state index in [1.807, 2.05) is 0 Å². The van der Waals surface area contributed by atoms with E-state index in [9.17, 15) is 19.1 Å². The lowest BCUT2D eigenvalue weighted by molar-refractivity contribution is 0.0695. The van der Waals surface area contributed by atoms with Crippen molar-refractivity contribution in [3.05, 3.63) is 58.9 Å². The van der Waals surface area contributed by atoms with Gasteiger partial charge in [0.25, 0.3) is 0 Å². The second kappa shape index (κ2) is 4.76. The summed E-state index contributed by atoms with van der Waals surface area (Å²) >= 11 is 1.30. The highest BCUT2D eigenvalue weighted by Crippen LogP contribution is 2.38. The predicted molar refractivity (Wildman–Crippen MR) is 72.0 cm³/mol. The van der Waals surface area contributed by atoms with E-state index in [2.05, 4.69) is 0 Å². The molecule has 0 bridgehead atoms. The fourth-order valence-corrected chi connectivity index (χ4v) is 3.33. The zero-order valence-corrected chi connectivity index (χ0v) is 11.0. The molecule has 0 saturated carbocycles. The smallest absolute Gasteiger partial charge is 0.336 e. The van der Waals surface area contributed by atoms with Gasteiger partial charge in [-0.2, -0.15) is 0 Å². The van der Waals surface area contributed by atoms with Crippen LogP contribution in [0.3, 0.4) is 0 Å². The summed E-state index contributed by atoms with van der Waals surface area (Å²) in [6, 6.07) is 8.95. The van der Waals surface area contributed by atoms with E-state index in [1.165, 1.54) is 30.0 Å². The normalized spacial score (nSPS) is 13.3.